The van der Waals surface area contributed by atoms with Gasteiger partial charge in [0.2, 0.25) is 0 Å². The fourth-order valence-corrected chi connectivity index (χ4v) is 4.24. The molecule has 3 heteroatoms. The van der Waals surface area contributed by atoms with Crippen LogP contribution >= 0.6 is 0 Å². The Morgan fingerprint density at radius 3 is 1.39 bits per heavy atom. The number of hydrogen-bond donors (Lipinski definition) is 0. The molecule has 0 aliphatic carbocycles. The highest BCUT2D eigenvalue weighted by atomic mass is 16.7. The van der Waals surface area contributed by atoms with Crippen LogP contribution in [0.15, 0.2) is 103 Å². The minimum Gasteiger partial charge on any atom is -0.399 e. The molecular formula is C30H29BO2. The van der Waals surface area contributed by atoms with Gasteiger partial charge in [0.1, 0.15) is 0 Å². The van der Waals surface area contributed by atoms with Crippen LogP contribution < -0.4 is 5.46 Å². The van der Waals surface area contributed by atoms with E-state index in [9.17, 15) is 0 Å². The lowest BCUT2D eigenvalue weighted by Crippen LogP contribution is -2.41. The Labute approximate surface area is 197 Å². The van der Waals surface area contributed by atoms with Crippen molar-refractivity contribution in [2.75, 3.05) is 0 Å². The van der Waals surface area contributed by atoms with Gasteiger partial charge in [-0.05, 0) is 78.7 Å². The molecule has 0 saturated carbocycles. The van der Waals surface area contributed by atoms with E-state index in [2.05, 4.69) is 119 Å². The molecule has 0 spiro atoms. The average molecular weight is 432 g/mol. The predicted molar refractivity (Wildman–Crippen MR) is 138 cm³/mol. The minimum absolute atomic E-state index is 0.381. The number of rotatable bonds is 4. The van der Waals surface area contributed by atoms with Gasteiger partial charge in [-0.15, -0.1) is 0 Å². The van der Waals surface area contributed by atoms with Crippen molar-refractivity contribution in [3.05, 3.63) is 103 Å². The monoisotopic (exact) mass is 432 g/mol. The van der Waals surface area contributed by atoms with Gasteiger partial charge in [-0.1, -0.05) is 91.0 Å². The molecule has 0 aromatic heterocycles. The highest BCUT2D eigenvalue weighted by Gasteiger charge is 2.51. The quantitative estimate of drug-likeness (QED) is 0.324. The fourth-order valence-electron chi connectivity index (χ4n) is 4.24. The molecule has 5 rings (SSSR count). The third kappa shape index (κ3) is 4.27. The molecular weight excluding hydrogens is 403 g/mol. The smallest absolute Gasteiger partial charge is 0.399 e. The molecule has 1 saturated heterocycles. The number of benzene rings is 4. The molecule has 1 aliphatic rings. The fraction of sp³-hybridized carbons (Fsp3) is 0.200. The summed E-state index contributed by atoms with van der Waals surface area (Å²) in [6, 6.07) is 36.4. The van der Waals surface area contributed by atoms with Crippen molar-refractivity contribution in [3.63, 3.8) is 0 Å². The summed E-state index contributed by atoms with van der Waals surface area (Å²) in [4.78, 5) is 0. The molecule has 33 heavy (non-hydrogen) atoms. The summed E-state index contributed by atoms with van der Waals surface area (Å²) in [5, 5.41) is 0. The first-order valence-electron chi connectivity index (χ1n) is 11.5. The summed E-state index contributed by atoms with van der Waals surface area (Å²) in [7, 11) is -0.408. The van der Waals surface area contributed by atoms with Gasteiger partial charge in [0, 0.05) is 0 Å². The van der Waals surface area contributed by atoms with E-state index < -0.39 is 7.12 Å². The maximum absolute atomic E-state index is 6.40. The predicted octanol–water partition coefficient (Wildman–Crippen LogP) is 6.99. The van der Waals surface area contributed by atoms with Gasteiger partial charge in [0.15, 0.2) is 0 Å². The second kappa shape index (κ2) is 8.33. The summed E-state index contributed by atoms with van der Waals surface area (Å²) in [5.74, 6) is 0. The SMILES string of the molecule is CC1(C)OB(c2cc(-c3ccccc3)cc(-c3cccc(-c4ccccc4)c3)c2)OC1(C)C. The van der Waals surface area contributed by atoms with E-state index in [0.29, 0.717) is 0 Å². The van der Waals surface area contributed by atoms with Crippen molar-refractivity contribution in [2.24, 2.45) is 0 Å². The molecule has 0 unspecified atom stereocenters. The van der Waals surface area contributed by atoms with Crippen LogP contribution in [0.25, 0.3) is 33.4 Å². The van der Waals surface area contributed by atoms with Crippen LogP contribution in [0.3, 0.4) is 0 Å². The first kappa shape index (κ1) is 21.7. The van der Waals surface area contributed by atoms with Crippen LogP contribution in [0.2, 0.25) is 0 Å². The molecule has 2 nitrogen and oxygen atoms in total. The first-order valence-corrected chi connectivity index (χ1v) is 11.5. The first-order chi connectivity index (χ1) is 15.8. The van der Waals surface area contributed by atoms with Crippen molar-refractivity contribution in [3.8, 4) is 33.4 Å². The lowest BCUT2D eigenvalue weighted by atomic mass is 9.76. The lowest BCUT2D eigenvalue weighted by Gasteiger charge is -2.32. The zero-order chi connectivity index (χ0) is 23.1. The van der Waals surface area contributed by atoms with Gasteiger partial charge < -0.3 is 9.31 Å². The number of hydrogen-bond acceptors (Lipinski definition) is 2. The maximum atomic E-state index is 6.40. The van der Waals surface area contributed by atoms with Crippen LogP contribution in [0, 0.1) is 0 Å². The molecule has 1 aliphatic heterocycles. The highest BCUT2D eigenvalue weighted by molar-refractivity contribution is 6.62. The Morgan fingerprint density at radius 1 is 0.455 bits per heavy atom. The summed E-state index contributed by atoms with van der Waals surface area (Å²) in [6.45, 7) is 8.38. The molecule has 1 heterocycles. The molecule has 1 fully saturated rings. The van der Waals surface area contributed by atoms with Gasteiger partial charge in [0.05, 0.1) is 11.2 Å². The molecule has 0 N–H and O–H groups in total. The van der Waals surface area contributed by atoms with Crippen LogP contribution in [0.5, 0.6) is 0 Å². The van der Waals surface area contributed by atoms with Crippen LogP contribution in [-0.2, 0) is 9.31 Å². The second-order valence-electron chi connectivity index (χ2n) is 9.74. The Morgan fingerprint density at radius 2 is 0.848 bits per heavy atom. The Kier molecular flexibility index (Phi) is 5.48. The molecule has 0 atom stereocenters. The molecule has 4 aromatic rings. The Balaban J connectivity index is 1.62. The topological polar surface area (TPSA) is 18.5 Å². The van der Waals surface area contributed by atoms with E-state index in [1.807, 2.05) is 12.1 Å². The summed E-state index contributed by atoms with van der Waals surface area (Å²) in [6.07, 6.45) is 0. The summed E-state index contributed by atoms with van der Waals surface area (Å²) in [5.41, 5.74) is 7.35. The molecule has 0 bridgehead atoms. The zero-order valence-corrected chi connectivity index (χ0v) is 19.7. The largest absolute Gasteiger partial charge is 0.494 e. The van der Waals surface area contributed by atoms with Gasteiger partial charge in [0.25, 0.3) is 0 Å². The van der Waals surface area contributed by atoms with Gasteiger partial charge in [-0.25, -0.2) is 0 Å². The van der Waals surface area contributed by atoms with E-state index in [0.717, 1.165) is 16.6 Å². The van der Waals surface area contributed by atoms with E-state index in [1.165, 1.54) is 22.3 Å². The Hall–Kier alpha value is -3.14. The van der Waals surface area contributed by atoms with E-state index in [4.69, 9.17) is 9.31 Å². The summed E-state index contributed by atoms with van der Waals surface area (Å²) < 4.78 is 12.8. The average Bonchev–Trinajstić information content (AvgIpc) is 3.07. The van der Waals surface area contributed by atoms with Crippen LogP contribution in [0.1, 0.15) is 27.7 Å². The molecule has 4 aromatic carbocycles. The van der Waals surface area contributed by atoms with E-state index >= 15 is 0 Å². The van der Waals surface area contributed by atoms with Crippen molar-refractivity contribution in [1.29, 1.82) is 0 Å². The maximum Gasteiger partial charge on any atom is 0.494 e. The molecule has 0 radical (unpaired) electrons. The van der Waals surface area contributed by atoms with Crippen molar-refractivity contribution in [1.82, 2.24) is 0 Å². The van der Waals surface area contributed by atoms with Crippen molar-refractivity contribution in [2.45, 2.75) is 38.9 Å². The third-order valence-electron chi connectivity index (χ3n) is 6.89. The standard InChI is InChI=1S/C30H29BO2/c1-29(2)30(3,4)33-31(32-29)28-20-26(23-14-9-6-10-15-23)19-27(21-28)25-17-11-16-24(18-25)22-12-7-5-8-13-22/h5-21H,1-4H3. The Bertz CT molecular complexity index is 1250. The van der Waals surface area contributed by atoms with Crippen molar-refractivity contribution < 1.29 is 9.31 Å². The second-order valence-corrected chi connectivity index (χ2v) is 9.74. The summed E-state index contributed by atoms with van der Waals surface area (Å²) >= 11 is 0. The van der Waals surface area contributed by atoms with Crippen LogP contribution in [0.4, 0.5) is 0 Å². The van der Waals surface area contributed by atoms with Gasteiger partial charge in [-0.2, -0.15) is 0 Å². The molecule has 0 amide bonds. The lowest BCUT2D eigenvalue weighted by molar-refractivity contribution is 0.00578. The van der Waals surface area contributed by atoms with E-state index in [-0.39, 0.29) is 11.2 Å². The van der Waals surface area contributed by atoms with E-state index in [1.54, 1.807) is 0 Å². The highest BCUT2D eigenvalue weighted by Crippen LogP contribution is 2.37. The van der Waals surface area contributed by atoms with Crippen molar-refractivity contribution >= 4 is 12.6 Å². The van der Waals surface area contributed by atoms with Gasteiger partial charge >= 0.3 is 7.12 Å². The normalized spacial score (nSPS) is 16.7. The van der Waals surface area contributed by atoms with Gasteiger partial charge in [-0.3, -0.25) is 0 Å². The zero-order valence-electron chi connectivity index (χ0n) is 19.7. The minimum atomic E-state index is -0.408. The van der Waals surface area contributed by atoms with Crippen LogP contribution in [-0.4, -0.2) is 18.3 Å². The third-order valence-corrected chi connectivity index (χ3v) is 6.89. The molecule has 164 valence electrons.